The van der Waals surface area contributed by atoms with Crippen molar-refractivity contribution >= 4 is 0 Å². The molecule has 0 atom stereocenters. The third-order valence-corrected chi connectivity index (χ3v) is 3.31. The number of piperidine rings is 1. The number of likely N-dealkylation sites (tertiary alicyclic amines) is 1. The van der Waals surface area contributed by atoms with Crippen LogP contribution in [0.2, 0.25) is 0 Å². The van der Waals surface area contributed by atoms with Gasteiger partial charge in [0.1, 0.15) is 6.54 Å². The normalized spacial score (nSPS) is 15.8. The summed E-state index contributed by atoms with van der Waals surface area (Å²) in [6.45, 7) is 3.39. The molecule has 0 amide bonds. The minimum absolute atomic E-state index is 0.157. The van der Waals surface area contributed by atoms with Gasteiger partial charge in [-0.15, -0.1) is 0 Å². The summed E-state index contributed by atoms with van der Waals surface area (Å²) >= 11 is 0. The molecule has 1 fully saturated rings. The largest absolute Gasteiger partial charge is 0.504 e. The highest BCUT2D eigenvalue weighted by Crippen LogP contribution is 2.25. The SMILES string of the molecule is COc1cc(C#CC[NH+]2CCCCC2)ccc1O. The monoisotopic (exact) mass is 246 g/mol. The lowest BCUT2D eigenvalue weighted by Gasteiger charge is -2.20. The maximum Gasteiger partial charge on any atom is 0.161 e. The number of phenolic OH excluding ortho intramolecular Hbond substituents is 1. The summed E-state index contributed by atoms with van der Waals surface area (Å²) in [5.74, 6) is 6.99. The molecule has 0 saturated carbocycles. The predicted octanol–water partition coefficient (Wildman–Crippen LogP) is 0.821. The molecule has 1 saturated heterocycles. The molecule has 0 aliphatic carbocycles. The van der Waals surface area contributed by atoms with Gasteiger partial charge in [-0.05, 0) is 43.4 Å². The number of benzene rings is 1. The van der Waals surface area contributed by atoms with Gasteiger partial charge in [0.15, 0.2) is 11.5 Å². The molecule has 3 heteroatoms. The van der Waals surface area contributed by atoms with Gasteiger partial charge in [-0.3, -0.25) is 0 Å². The van der Waals surface area contributed by atoms with E-state index in [1.165, 1.54) is 32.4 Å². The molecule has 0 spiro atoms. The van der Waals surface area contributed by atoms with Gasteiger partial charge in [-0.25, -0.2) is 0 Å². The summed E-state index contributed by atoms with van der Waals surface area (Å²) in [7, 11) is 1.55. The minimum atomic E-state index is 0.157. The molecule has 0 unspecified atom stereocenters. The second-order valence-corrected chi connectivity index (χ2v) is 4.68. The van der Waals surface area contributed by atoms with E-state index in [1.54, 1.807) is 24.1 Å². The number of ether oxygens (including phenoxy) is 1. The zero-order chi connectivity index (χ0) is 12.8. The average molecular weight is 246 g/mol. The van der Waals surface area contributed by atoms with E-state index < -0.39 is 0 Å². The Kier molecular flexibility index (Phi) is 4.49. The number of rotatable bonds is 2. The Morgan fingerprint density at radius 3 is 2.78 bits per heavy atom. The Labute approximate surface area is 108 Å². The fourth-order valence-electron chi connectivity index (χ4n) is 2.26. The highest BCUT2D eigenvalue weighted by molar-refractivity contribution is 5.47. The van der Waals surface area contributed by atoms with Gasteiger partial charge < -0.3 is 14.7 Å². The Bertz CT molecular complexity index is 453. The number of nitrogens with one attached hydrogen (secondary N) is 1. The van der Waals surface area contributed by atoms with Gasteiger partial charge in [0.2, 0.25) is 0 Å². The second-order valence-electron chi connectivity index (χ2n) is 4.68. The van der Waals surface area contributed by atoms with Crippen LogP contribution in [0.4, 0.5) is 0 Å². The molecule has 1 aromatic carbocycles. The van der Waals surface area contributed by atoms with E-state index in [9.17, 15) is 5.11 Å². The Morgan fingerprint density at radius 2 is 2.06 bits per heavy atom. The van der Waals surface area contributed by atoms with E-state index >= 15 is 0 Å². The molecule has 96 valence electrons. The first-order valence-electron chi connectivity index (χ1n) is 6.49. The molecule has 0 aromatic heterocycles. The van der Waals surface area contributed by atoms with Crippen molar-refractivity contribution in [2.75, 3.05) is 26.7 Å². The van der Waals surface area contributed by atoms with Gasteiger partial charge in [-0.1, -0.05) is 5.92 Å². The molecule has 1 aliphatic rings. The molecule has 2 N–H and O–H groups in total. The maximum atomic E-state index is 9.49. The van der Waals surface area contributed by atoms with Gasteiger partial charge >= 0.3 is 0 Å². The molecule has 1 aromatic rings. The summed E-state index contributed by atoms with van der Waals surface area (Å²) < 4.78 is 5.06. The van der Waals surface area contributed by atoms with E-state index in [4.69, 9.17) is 4.74 Å². The van der Waals surface area contributed by atoms with Crippen LogP contribution in [0.3, 0.4) is 0 Å². The van der Waals surface area contributed by atoms with Crippen molar-refractivity contribution in [3.05, 3.63) is 23.8 Å². The maximum absolute atomic E-state index is 9.49. The van der Waals surface area contributed by atoms with Crippen LogP contribution in [0.1, 0.15) is 24.8 Å². The smallest absolute Gasteiger partial charge is 0.161 e. The number of quaternary nitrogens is 1. The first-order valence-corrected chi connectivity index (χ1v) is 6.49. The van der Waals surface area contributed by atoms with Crippen LogP contribution < -0.4 is 9.64 Å². The topological polar surface area (TPSA) is 33.9 Å². The molecule has 1 heterocycles. The molecule has 0 bridgehead atoms. The van der Waals surface area contributed by atoms with Crippen LogP contribution in [0.15, 0.2) is 18.2 Å². The van der Waals surface area contributed by atoms with Crippen molar-refractivity contribution in [3.8, 4) is 23.3 Å². The van der Waals surface area contributed by atoms with Gasteiger partial charge in [0, 0.05) is 5.56 Å². The second kappa shape index (κ2) is 6.32. The van der Waals surface area contributed by atoms with Crippen LogP contribution in [0.5, 0.6) is 11.5 Å². The highest BCUT2D eigenvalue weighted by atomic mass is 16.5. The first kappa shape index (κ1) is 12.8. The molecule has 0 radical (unpaired) electrons. The van der Waals surface area contributed by atoms with Crippen molar-refractivity contribution in [1.82, 2.24) is 0 Å². The number of phenols is 1. The zero-order valence-corrected chi connectivity index (χ0v) is 10.8. The van der Waals surface area contributed by atoms with Crippen molar-refractivity contribution < 1.29 is 14.7 Å². The lowest BCUT2D eigenvalue weighted by atomic mass is 10.1. The third-order valence-electron chi connectivity index (χ3n) is 3.31. The summed E-state index contributed by atoms with van der Waals surface area (Å²) in [4.78, 5) is 1.58. The first-order chi connectivity index (χ1) is 8.79. The number of hydrogen-bond donors (Lipinski definition) is 2. The minimum Gasteiger partial charge on any atom is -0.504 e. The average Bonchev–Trinajstić information content (AvgIpc) is 2.42. The van der Waals surface area contributed by atoms with E-state index in [0.29, 0.717) is 5.75 Å². The highest BCUT2D eigenvalue weighted by Gasteiger charge is 2.11. The van der Waals surface area contributed by atoms with Crippen molar-refractivity contribution in [2.45, 2.75) is 19.3 Å². The van der Waals surface area contributed by atoms with Crippen molar-refractivity contribution in [2.24, 2.45) is 0 Å². The van der Waals surface area contributed by atoms with Crippen LogP contribution in [-0.2, 0) is 0 Å². The molecule has 3 nitrogen and oxygen atoms in total. The quantitative estimate of drug-likeness (QED) is 0.758. The fourth-order valence-corrected chi connectivity index (χ4v) is 2.26. The molecular weight excluding hydrogens is 226 g/mol. The summed E-state index contributed by atoms with van der Waals surface area (Å²) in [5.41, 5.74) is 0.890. The predicted molar refractivity (Wildman–Crippen MR) is 71.0 cm³/mol. The van der Waals surface area contributed by atoms with Crippen LogP contribution in [0, 0.1) is 11.8 Å². The summed E-state index contributed by atoms with van der Waals surface area (Å²) in [6, 6.07) is 5.21. The van der Waals surface area contributed by atoms with Crippen molar-refractivity contribution in [3.63, 3.8) is 0 Å². The van der Waals surface area contributed by atoms with Crippen molar-refractivity contribution in [1.29, 1.82) is 0 Å². The lowest BCUT2D eigenvalue weighted by Crippen LogP contribution is -3.12. The third kappa shape index (κ3) is 3.41. The molecule has 18 heavy (non-hydrogen) atoms. The molecule has 1 aliphatic heterocycles. The number of aromatic hydroxyl groups is 1. The molecular formula is C15H20NO2+. The van der Waals surface area contributed by atoms with E-state index in [1.807, 2.05) is 6.07 Å². The summed E-state index contributed by atoms with van der Waals surface area (Å²) in [6.07, 6.45) is 4.01. The fraction of sp³-hybridized carbons (Fsp3) is 0.467. The Hall–Kier alpha value is -1.66. The number of hydrogen-bond acceptors (Lipinski definition) is 2. The van der Waals surface area contributed by atoms with E-state index in [2.05, 4.69) is 11.8 Å². The summed E-state index contributed by atoms with van der Waals surface area (Å²) in [5, 5.41) is 9.49. The van der Waals surface area contributed by atoms with E-state index in [-0.39, 0.29) is 5.75 Å². The lowest BCUT2D eigenvalue weighted by molar-refractivity contribution is -0.897. The van der Waals surface area contributed by atoms with Crippen LogP contribution in [0.25, 0.3) is 0 Å². The standard InChI is InChI=1S/C15H19NO2/c1-18-15-12-13(7-8-14(15)17)6-5-11-16-9-3-2-4-10-16/h7-8,12,17H,2-4,9-11H2,1H3/p+1. The van der Waals surface area contributed by atoms with Gasteiger partial charge in [0.25, 0.3) is 0 Å². The van der Waals surface area contributed by atoms with Crippen LogP contribution in [-0.4, -0.2) is 31.9 Å². The zero-order valence-electron chi connectivity index (χ0n) is 10.8. The van der Waals surface area contributed by atoms with Crippen LogP contribution >= 0.6 is 0 Å². The Balaban J connectivity index is 1.96. The van der Waals surface area contributed by atoms with Gasteiger partial charge in [-0.2, -0.15) is 0 Å². The Morgan fingerprint density at radius 1 is 1.28 bits per heavy atom. The van der Waals surface area contributed by atoms with E-state index in [0.717, 1.165) is 12.1 Å². The van der Waals surface area contributed by atoms with Gasteiger partial charge in [0.05, 0.1) is 20.2 Å². The number of methoxy groups -OCH3 is 1. The molecule has 2 rings (SSSR count).